The van der Waals surface area contributed by atoms with Gasteiger partial charge in [-0.25, -0.2) is 4.57 Å². The molecule has 2 nitrogen and oxygen atoms in total. The van der Waals surface area contributed by atoms with E-state index in [1.165, 1.54) is 0 Å². The summed E-state index contributed by atoms with van der Waals surface area (Å²) in [6.07, 6.45) is 0. The average molecular weight is 244 g/mol. The van der Waals surface area contributed by atoms with Crippen LogP contribution in [0.5, 0.6) is 0 Å². The van der Waals surface area contributed by atoms with E-state index in [4.69, 9.17) is 9.46 Å². The third kappa shape index (κ3) is 2150. The fourth-order valence-electron chi connectivity index (χ4n) is 0. The monoisotopic (exact) mass is 242 g/mol. The summed E-state index contributed by atoms with van der Waals surface area (Å²) in [5.41, 5.74) is 0. The van der Waals surface area contributed by atoms with E-state index in [2.05, 4.69) is 41.5 Å². The normalized spacial score (nSPS) is 7.75. The maximum Gasteiger partial charge on any atom is 2.00 e. The van der Waals surface area contributed by atoms with E-state index in [1.807, 2.05) is 0 Å². The van der Waals surface area contributed by atoms with Crippen LogP contribution in [0.3, 0.4) is 0 Å². The van der Waals surface area contributed by atoms with E-state index in [-0.39, 0.29) is 19.5 Å². The maximum absolute atomic E-state index is 8.46. The first-order valence-electron chi connectivity index (χ1n) is 3.51. The minimum absolute atomic E-state index is 0. The molecule has 0 aromatic heterocycles. The molecule has 0 saturated carbocycles. The van der Waals surface area contributed by atoms with Crippen LogP contribution in [0.1, 0.15) is 27.7 Å². The van der Waals surface area contributed by atoms with Crippen molar-refractivity contribution in [1.29, 1.82) is 0 Å². The fraction of sp³-hybridized carbons (Fsp3) is 0.750. The Morgan fingerprint density at radius 2 is 1.08 bits per heavy atom. The Morgan fingerprint density at radius 1 is 1.08 bits per heavy atom. The Bertz CT molecular complexity index is 56.6. The molecule has 0 heterocycles. The van der Waals surface area contributed by atoms with Crippen molar-refractivity contribution in [2.45, 2.75) is 27.7 Å². The van der Waals surface area contributed by atoms with E-state index < -0.39 is 8.69 Å². The van der Waals surface area contributed by atoms with Gasteiger partial charge in [0, 0.05) is 0 Å². The van der Waals surface area contributed by atoms with Crippen molar-refractivity contribution in [2.75, 3.05) is 0 Å². The summed E-state index contributed by atoms with van der Waals surface area (Å²) in [4.78, 5) is 6.99. The van der Waals surface area contributed by atoms with Crippen molar-refractivity contribution in [2.24, 2.45) is 11.8 Å². The van der Waals surface area contributed by atoms with Gasteiger partial charge in [0.15, 0.2) is 0 Å². The van der Waals surface area contributed by atoms with Crippen LogP contribution in [-0.4, -0.2) is 4.89 Å². The van der Waals surface area contributed by atoms with Gasteiger partial charge in [-0.05, 0) is 0 Å². The molecular formula is C8H19O2PZn. The van der Waals surface area contributed by atoms with Gasteiger partial charge in [-0.2, -0.15) is 11.8 Å². The van der Waals surface area contributed by atoms with Gasteiger partial charge >= 0.3 is 28.2 Å². The van der Waals surface area contributed by atoms with Gasteiger partial charge in [0.2, 0.25) is 0 Å². The summed E-state index contributed by atoms with van der Waals surface area (Å²) < 4.78 is 8.46. The standard InChI is InChI=1S/2C4H9.HO2P.Zn/c2*1-4(2)3;1-3-2;/h2*4H,1H2,2-3H3;(H,1,2);/q2*-1;;+2. The summed E-state index contributed by atoms with van der Waals surface area (Å²) >= 11 is 0. The maximum atomic E-state index is 8.46. The number of rotatable bonds is 0. The van der Waals surface area contributed by atoms with Crippen molar-refractivity contribution in [3.05, 3.63) is 13.8 Å². The molecule has 12 heavy (non-hydrogen) atoms. The van der Waals surface area contributed by atoms with Gasteiger partial charge in [0.25, 0.3) is 0 Å². The predicted octanol–water partition coefficient (Wildman–Crippen LogP) is 3.14. The molecule has 0 aliphatic heterocycles. The summed E-state index contributed by atoms with van der Waals surface area (Å²) in [6, 6.07) is 0. The fourth-order valence-corrected chi connectivity index (χ4v) is 0. The molecule has 0 saturated heterocycles. The smallest absolute Gasteiger partial charge is 0.341 e. The Balaban J connectivity index is -0.0000000389. The molecule has 0 amide bonds. The first-order chi connectivity index (χ1) is 4.88. The average Bonchev–Trinajstić information content (AvgIpc) is 1.60. The summed E-state index contributed by atoms with van der Waals surface area (Å²) in [5, 5.41) is 0. The minimum Gasteiger partial charge on any atom is -0.341 e. The first kappa shape index (κ1) is 23.0. The van der Waals surface area contributed by atoms with Gasteiger partial charge in [-0.1, -0.05) is 27.7 Å². The second kappa shape index (κ2) is 22.6. The van der Waals surface area contributed by atoms with Gasteiger partial charge < -0.3 is 18.7 Å². The molecule has 0 aliphatic rings. The summed E-state index contributed by atoms with van der Waals surface area (Å²) in [6.45, 7) is 15.5. The third-order valence-corrected chi connectivity index (χ3v) is 0. The van der Waals surface area contributed by atoms with E-state index >= 15 is 0 Å². The van der Waals surface area contributed by atoms with Crippen molar-refractivity contribution >= 4 is 8.69 Å². The molecule has 70 valence electrons. The summed E-state index contributed by atoms with van der Waals surface area (Å²) in [7, 11) is -0.833. The van der Waals surface area contributed by atoms with Crippen LogP contribution < -0.4 is 0 Å². The molecule has 0 fully saturated rings. The molecule has 0 rings (SSSR count). The molecule has 0 bridgehead atoms. The minimum atomic E-state index is -0.833. The Morgan fingerprint density at radius 3 is 1.08 bits per heavy atom. The Hall–Kier alpha value is 0.683. The van der Waals surface area contributed by atoms with Crippen LogP contribution in [0.25, 0.3) is 0 Å². The molecule has 0 atom stereocenters. The molecule has 0 aliphatic carbocycles. The van der Waals surface area contributed by atoms with Gasteiger partial charge in [0.1, 0.15) is 0 Å². The third-order valence-electron chi connectivity index (χ3n) is 0. The SMILES string of the molecule is O=PO.[CH2-]C(C)C.[CH2-]C(C)C.[Zn+2]. The van der Waals surface area contributed by atoms with Crippen LogP contribution >= 0.6 is 8.69 Å². The van der Waals surface area contributed by atoms with Crippen molar-refractivity contribution < 1.29 is 28.9 Å². The Labute approximate surface area is 91.2 Å². The number of hydrogen-bond donors (Lipinski definition) is 1. The largest absolute Gasteiger partial charge is 2.00 e. The number of hydrogen-bond acceptors (Lipinski definition) is 1. The zero-order chi connectivity index (χ0) is 9.86. The van der Waals surface area contributed by atoms with Crippen molar-refractivity contribution in [3.8, 4) is 0 Å². The van der Waals surface area contributed by atoms with Crippen LogP contribution in [0, 0.1) is 25.7 Å². The molecule has 1 N–H and O–H groups in total. The van der Waals surface area contributed by atoms with Crippen LogP contribution in [0.2, 0.25) is 0 Å². The molecular weight excluding hydrogens is 224 g/mol. The second-order valence-corrected chi connectivity index (χ2v) is 3.03. The van der Waals surface area contributed by atoms with Gasteiger partial charge in [0.05, 0.1) is 0 Å². The molecule has 0 spiro atoms. The van der Waals surface area contributed by atoms with E-state index in [9.17, 15) is 0 Å². The van der Waals surface area contributed by atoms with E-state index in [0.717, 1.165) is 0 Å². The zero-order valence-corrected chi connectivity index (χ0v) is 12.4. The zero-order valence-electron chi connectivity index (χ0n) is 8.58. The predicted molar refractivity (Wildman–Crippen MR) is 50.2 cm³/mol. The van der Waals surface area contributed by atoms with Crippen LogP contribution in [-0.2, 0) is 24.0 Å². The van der Waals surface area contributed by atoms with Crippen LogP contribution in [0.4, 0.5) is 0 Å². The molecule has 4 heteroatoms. The quantitative estimate of drug-likeness (QED) is 0.403. The van der Waals surface area contributed by atoms with E-state index in [0.29, 0.717) is 11.8 Å². The van der Waals surface area contributed by atoms with Crippen LogP contribution in [0.15, 0.2) is 0 Å². The molecule has 0 radical (unpaired) electrons. The van der Waals surface area contributed by atoms with Gasteiger partial charge in [-0.15, -0.1) is 0 Å². The second-order valence-electron chi connectivity index (χ2n) is 2.87. The first-order valence-corrected chi connectivity index (χ1v) is 4.27. The topological polar surface area (TPSA) is 37.3 Å². The molecule has 0 aromatic rings. The Kier molecular flexibility index (Phi) is 43.2. The molecule has 0 aromatic carbocycles. The van der Waals surface area contributed by atoms with Crippen molar-refractivity contribution in [1.82, 2.24) is 0 Å². The van der Waals surface area contributed by atoms with E-state index in [1.54, 1.807) is 0 Å². The summed E-state index contributed by atoms with van der Waals surface area (Å²) in [5.74, 6) is 1.17. The van der Waals surface area contributed by atoms with Gasteiger partial charge in [-0.3, -0.25) is 0 Å². The van der Waals surface area contributed by atoms with Crippen molar-refractivity contribution in [3.63, 3.8) is 0 Å². The molecule has 0 unspecified atom stereocenters.